The second-order valence-corrected chi connectivity index (χ2v) is 6.10. The van der Waals surface area contributed by atoms with Crippen LogP contribution in [0.4, 0.5) is 0 Å². The first-order valence-corrected chi connectivity index (χ1v) is 8.42. The van der Waals surface area contributed by atoms with Crippen molar-refractivity contribution in [2.75, 3.05) is 11.5 Å². The summed E-state index contributed by atoms with van der Waals surface area (Å²) in [6, 6.07) is 8.53. The number of carbonyl (C=O) groups excluding carboxylic acids is 1. The van der Waals surface area contributed by atoms with Gasteiger partial charge in [0.1, 0.15) is 6.04 Å². The smallest absolute Gasteiger partial charge is 0.326 e. The summed E-state index contributed by atoms with van der Waals surface area (Å²) in [5.41, 5.74) is 0.886. The Hall–Kier alpha value is -1.49. The highest BCUT2D eigenvalue weighted by atomic mass is 32.2. The summed E-state index contributed by atoms with van der Waals surface area (Å²) in [5, 5.41) is 11.8. The molecule has 0 aromatic heterocycles. The number of amides is 1. The van der Waals surface area contributed by atoms with Gasteiger partial charge in [-0.25, -0.2) is 4.79 Å². The maximum Gasteiger partial charge on any atom is 0.326 e. The molecule has 0 heterocycles. The standard InChI is InChI=1S/C16H23NO3S/c1-2-3-10-21-11-9-14(16(19)20)17-15(18)12-13-7-5-4-6-8-13/h4-8,14H,2-3,9-12H2,1H3,(H,17,18)(H,19,20)/t14-/m0/s1. The minimum atomic E-state index is -0.965. The van der Waals surface area contributed by atoms with Crippen molar-refractivity contribution >= 4 is 23.6 Å². The number of thioether (sulfide) groups is 1. The van der Waals surface area contributed by atoms with Crippen LogP contribution >= 0.6 is 11.8 Å². The lowest BCUT2D eigenvalue weighted by atomic mass is 10.1. The summed E-state index contributed by atoms with van der Waals surface area (Å²) < 4.78 is 0. The number of carboxylic acid groups (broad SMARTS) is 1. The Morgan fingerprint density at radius 3 is 2.57 bits per heavy atom. The van der Waals surface area contributed by atoms with Crippen molar-refractivity contribution in [1.82, 2.24) is 5.32 Å². The molecule has 1 aromatic carbocycles. The van der Waals surface area contributed by atoms with Gasteiger partial charge in [-0.15, -0.1) is 0 Å². The van der Waals surface area contributed by atoms with Crippen molar-refractivity contribution in [3.63, 3.8) is 0 Å². The van der Waals surface area contributed by atoms with Crippen LogP contribution in [0.2, 0.25) is 0 Å². The molecule has 0 fully saturated rings. The molecule has 1 atom stereocenters. The highest BCUT2D eigenvalue weighted by molar-refractivity contribution is 7.99. The van der Waals surface area contributed by atoms with Crippen LogP contribution in [0.15, 0.2) is 30.3 Å². The molecular formula is C16H23NO3S. The number of hydrogen-bond acceptors (Lipinski definition) is 3. The monoisotopic (exact) mass is 309 g/mol. The zero-order valence-corrected chi connectivity index (χ0v) is 13.2. The number of hydrogen-bond donors (Lipinski definition) is 2. The van der Waals surface area contributed by atoms with E-state index >= 15 is 0 Å². The molecule has 1 rings (SSSR count). The van der Waals surface area contributed by atoms with E-state index in [9.17, 15) is 9.59 Å². The van der Waals surface area contributed by atoms with Gasteiger partial charge in [0.2, 0.25) is 5.91 Å². The minimum absolute atomic E-state index is 0.216. The van der Waals surface area contributed by atoms with E-state index < -0.39 is 12.0 Å². The fourth-order valence-electron chi connectivity index (χ4n) is 1.83. The molecule has 21 heavy (non-hydrogen) atoms. The molecule has 1 aromatic rings. The Bertz CT molecular complexity index is 436. The predicted molar refractivity (Wildman–Crippen MR) is 86.6 cm³/mol. The maximum absolute atomic E-state index is 11.9. The van der Waals surface area contributed by atoms with Crippen LogP contribution in [0.1, 0.15) is 31.7 Å². The number of unbranched alkanes of at least 4 members (excludes halogenated alkanes) is 1. The van der Waals surface area contributed by atoms with Crippen molar-refractivity contribution in [2.45, 2.75) is 38.6 Å². The van der Waals surface area contributed by atoms with Gasteiger partial charge in [-0.2, -0.15) is 11.8 Å². The number of aliphatic carboxylic acids is 1. The number of nitrogens with one attached hydrogen (secondary N) is 1. The molecular weight excluding hydrogens is 286 g/mol. The van der Waals surface area contributed by atoms with Gasteiger partial charge in [-0.1, -0.05) is 43.7 Å². The molecule has 0 bridgehead atoms. The summed E-state index contributed by atoms with van der Waals surface area (Å²) >= 11 is 1.74. The highest BCUT2D eigenvalue weighted by Gasteiger charge is 2.19. The average Bonchev–Trinajstić information content (AvgIpc) is 2.46. The Labute approximate surface area is 130 Å². The molecule has 0 aliphatic heterocycles. The first-order valence-electron chi connectivity index (χ1n) is 7.27. The topological polar surface area (TPSA) is 66.4 Å². The molecule has 0 saturated carbocycles. The van der Waals surface area contributed by atoms with Crippen molar-refractivity contribution < 1.29 is 14.7 Å². The third-order valence-corrected chi connectivity index (χ3v) is 4.14. The van der Waals surface area contributed by atoms with Gasteiger partial charge in [0.25, 0.3) is 0 Å². The SMILES string of the molecule is CCCCSCC[C@H](NC(=O)Cc1ccccc1)C(=O)O. The Balaban J connectivity index is 2.36. The third-order valence-electron chi connectivity index (χ3n) is 3.03. The summed E-state index contributed by atoms with van der Waals surface area (Å²) in [7, 11) is 0. The molecule has 1 amide bonds. The fourth-order valence-corrected chi connectivity index (χ4v) is 2.93. The van der Waals surface area contributed by atoms with Gasteiger partial charge in [0.15, 0.2) is 0 Å². The van der Waals surface area contributed by atoms with Crippen molar-refractivity contribution in [1.29, 1.82) is 0 Å². The quantitative estimate of drug-likeness (QED) is 0.652. The van der Waals surface area contributed by atoms with E-state index in [0.717, 1.165) is 29.9 Å². The normalized spacial score (nSPS) is 11.9. The molecule has 0 radical (unpaired) electrons. The Kier molecular flexibility index (Phi) is 8.59. The lowest BCUT2D eigenvalue weighted by Gasteiger charge is -2.14. The molecule has 0 unspecified atom stereocenters. The molecule has 0 spiro atoms. The number of rotatable bonds is 10. The maximum atomic E-state index is 11.9. The number of carbonyl (C=O) groups is 2. The van der Waals surface area contributed by atoms with Gasteiger partial charge in [0.05, 0.1) is 6.42 Å². The zero-order valence-electron chi connectivity index (χ0n) is 12.4. The minimum Gasteiger partial charge on any atom is -0.480 e. The summed E-state index contributed by atoms with van der Waals surface area (Å²) in [6.45, 7) is 2.13. The van der Waals surface area contributed by atoms with Crippen LogP contribution in [0.25, 0.3) is 0 Å². The predicted octanol–water partition coefficient (Wildman–Crippen LogP) is 2.72. The fraction of sp³-hybridized carbons (Fsp3) is 0.500. The second-order valence-electron chi connectivity index (χ2n) is 4.88. The lowest BCUT2D eigenvalue weighted by molar-refractivity contribution is -0.141. The molecule has 2 N–H and O–H groups in total. The van der Waals surface area contributed by atoms with Gasteiger partial charge in [-0.3, -0.25) is 4.79 Å². The van der Waals surface area contributed by atoms with Crippen molar-refractivity contribution in [3.8, 4) is 0 Å². The molecule has 0 saturated heterocycles. The van der Waals surface area contributed by atoms with Crippen LogP contribution < -0.4 is 5.32 Å². The number of carboxylic acids is 1. The first kappa shape index (κ1) is 17.6. The van der Waals surface area contributed by atoms with E-state index in [-0.39, 0.29) is 12.3 Å². The Morgan fingerprint density at radius 2 is 1.95 bits per heavy atom. The van der Waals surface area contributed by atoms with Gasteiger partial charge < -0.3 is 10.4 Å². The van der Waals surface area contributed by atoms with E-state index in [4.69, 9.17) is 5.11 Å². The highest BCUT2D eigenvalue weighted by Crippen LogP contribution is 2.08. The average molecular weight is 309 g/mol. The summed E-state index contributed by atoms with van der Waals surface area (Å²) in [6.07, 6.45) is 2.96. The van der Waals surface area contributed by atoms with Crippen LogP contribution in [-0.4, -0.2) is 34.5 Å². The summed E-state index contributed by atoms with van der Waals surface area (Å²) in [5.74, 6) is 0.586. The van der Waals surface area contributed by atoms with E-state index in [1.807, 2.05) is 30.3 Å². The molecule has 0 aliphatic carbocycles. The zero-order chi connectivity index (χ0) is 15.5. The van der Waals surface area contributed by atoms with E-state index in [2.05, 4.69) is 12.2 Å². The van der Waals surface area contributed by atoms with E-state index in [1.165, 1.54) is 0 Å². The van der Waals surface area contributed by atoms with Gasteiger partial charge in [0, 0.05) is 0 Å². The van der Waals surface area contributed by atoms with Crippen molar-refractivity contribution in [3.05, 3.63) is 35.9 Å². The van der Waals surface area contributed by atoms with Crippen molar-refractivity contribution in [2.24, 2.45) is 0 Å². The lowest BCUT2D eigenvalue weighted by Crippen LogP contribution is -2.41. The van der Waals surface area contributed by atoms with Crippen LogP contribution in [0.3, 0.4) is 0 Å². The number of benzene rings is 1. The summed E-state index contributed by atoms with van der Waals surface area (Å²) in [4.78, 5) is 23.1. The molecule has 5 heteroatoms. The first-order chi connectivity index (χ1) is 10.1. The van der Waals surface area contributed by atoms with Crippen LogP contribution in [-0.2, 0) is 16.0 Å². The van der Waals surface area contributed by atoms with Gasteiger partial charge in [-0.05, 0) is 29.9 Å². The largest absolute Gasteiger partial charge is 0.480 e. The molecule has 116 valence electrons. The van der Waals surface area contributed by atoms with E-state index in [1.54, 1.807) is 11.8 Å². The van der Waals surface area contributed by atoms with Crippen LogP contribution in [0, 0.1) is 0 Å². The van der Waals surface area contributed by atoms with E-state index in [0.29, 0.717) is 6.42 Å². The molecule has 0 aliphatic rings. The van der Waals surface area contributed by atoms with Gasteiger partial charge >= 0.3 is 5.97 Å². The Morgan fingerprint density at radius 1 is 1.24 bits per heavy atom. The second kappa shape index (κ2) is 10.3. The molecule has 4 nitrogen and oxygen atoms in total. The third kappa shape index (κ3) is 7.75. The van der Waals surface area contributed by atoms with Crippen LogP contribution in [0.5, 0.6) is 0 Å².